The Bertz CT molecular complexity index is 655. The predicted molar refractivity (Wildman–Crippen MR) is 73.3 cm³/mol. The summed E-state index contributed by atoms with van der Waals surface area (Å²) in [5.41, 5.74) is 0.298. The molecule has 0 aliphatic rings. The Morgan fingerprint density at radius 1 is 1.37 bits per heavy atom. The number of carbonyl (C=O) groups is 1. The summed E-state index contributed by atoms with van der Waals surface area (Å²) in [6.45, 7) is 7.07. The van der Waals surface area contributed by atoms with Crippen LogP contribution in [0, 0.1) is 12.7 Å². The summed E-state index contributed by atoms with van der Waals surface area (Å²) in [5, 5.41) is 0.628. The van der Waals surface area contributed by atoms with Gasteiger partial charge in [-0.25, -0.2) is 13.8 Å². The molecule has 0 spiro atoms. The maximum Gasteiger partial charge on any atom is 0.419 e. The number of ether oxygens (including phenoxy) is 1. The van der Waals surface area contributed by atoms with Crippen molar-refractivity contribution in [2.24, 2.45) is 0 Å². The minimum atomic E-state index is -0.642. The zero-order chi connectivity index (χ0) is 14.4. The molecule has 1 aromatic carbocycles. The van der Waals surface area contributed by atoms with Crippen molar-refractivity contribution in [3.63, 3.8) is 0 Å². The number of carbonyl (C=O) groups excluding carboxylic acids is 1. The lowest BCUT2D eigenvalue weighted by molar-refractivity contribution is 0.0543. The minimum absolute atomic E-state index is 0.0181. The van der Waals surface area contributed by atoms with Gasteiger partial charge in [0.05, 0.1) is 10.5 Å². The molecular weight excluding hydrogens is 269 g/mol. The van der Waals surface area contributed by atoms with Crippen molar-refractivity contribution in [1.29, 1.82) is 0 Å². The molecule has 102 valence electrons. The molecule has 0 saturated heterocycles. The van der Waals surface area contributed by atoms with Gasteiger partial charge in [0.25, 0.3) is 0 Å². The number of halogens is 2. The van der Waals surface area contributed by atoms with Crippen LogP contribution in [0.4, 0.5) is 9.18 Å². The second-order valence-electron chi connectivity index (χ2n) is 5.42. The van der Waals surface area contributed by atoms with Gasteiger partial charge in [-0.05, 0) is 39.3 Å². The molecular formula is C14H15ClFNO2. The third kappa shape index (κ3) is 2.59. The maximum atomic E-state index is 14.1. The summed E-state index contributed by atoms with van der Waals surface area (Å²) in [5.74, 6) is -0.613. The molecule has 0 unspecified atom stereocenters. The fourth-order valence-electron chi connectivity index (χ4n) is 1.88. The average molecular weight is 284 g/mol. The van der Waals surface area contributed by atoms with Crippen molar-refractivity contribution in [3.05, 3.63) is 34.7 Å². The van der Waals surface area contributed by atoms with Gasteiger partial charge in [0.1, 0.15) is 5.60 Å². The molecule has 0 amide bonds. The van der Waals surface area contributed by atoms with E-state index < -0.39 is 17.5 Å². The highest BCUT2D eigenvalue weighted by atomic mass is 35.5. The Kier molecular flexibility index (Phi) is 3.31. The summed E-state index contributed by atoms with van der Waals surface area (Å²) in [7, 11) is 0. The van der Waals surface area contributed by atoms with Crippen molar-refractivity contribution in [3.8, 4) is 0 Å². The first-order chi connectivity index (χ1) is 8.70. The standard InChI is InChI=1S/C14H15ClFNO2/c1-8-7-17(13(18)19-14(2,3)4)12-9(8)5-6-10(15)11(12)16/h5-7H,1-4H3. The number of hydrogen-bond donors (Lipinski definition) is 0. The number of benzene rings is 1. The number of hydrogen-bond acceptors (Lipinski definition) is 2. The summed E-state index contributed by atoms with van der Waals surface area (Å²) in [4.78, 5) is 12.1. The van der Waals surface area contributed by atoms with Crippen LogP contribution >= 0.6 is 11.6 Å². The molecule has 0 aliphatic heterocycles. The number of rotatable bonds is 0. The average Bonchev–Trinajstić information content (AvgIpc) is 2.60. The third-order valence-electron chi connectivity index (χ3n) is 2.65. The molecule has 0 atom stereocenters. The Hall–Kier alpha value is -1.55. The van der Waals surface area contributed by atoms with Gasteiger partial charge in [-0.1, -0.05) is 17.7 Å². The molecule has 1 aromatic heterocycles. The van der Waals surface area contributed by atoms with Gasteiger partial charge >= 0.3 is 6.09 Å². The Balaban J connectivity index is 2.61. The van der Waals surface area contributed by atoms with E-state index in [1.165, 1.54) is 6.07 Å². The fourth-order valence-corrected chi connectivity index (χ4v) is 2.03. The molecule has 5 heteroatoms. The van der Waals surface area contributed by atoms with Crippen LogP contribution in [0.2, 0.25) is 5.02 Å². The van der Waals surface area contributed by atoms with E-state index in [1.807, 2.05) is 0 Å². The fraction of sp³-hybridized carbons (Fsp3) is 0.357. The number of fused-ring (bicyclic) bond motifs is 1. The third-order valence-corrected chi connectivity index (χ3v) is 2.94. The van der Waals surface area contributed by atoms with Crippen LogP contribution in [0.5, 0.6) is 0 Å². The SMILES string of the molecule is Cc1cn(C(=O)OC(C)(C)C)c2c(F)c(Cl)ccc12. The molecule has 0 N–H and O–H groups in total. The van der Waals surface area contributed by atoms with Gasteiger partial charge < -0.3 is 4.74 Å². The van der Waals surface area contributed by atoms with Crippen molar-refractivity contribution in [2.75, 3.05) is 0 Å². The van der Waals surface area contributed by atoms with Gasteiger partial charge in [-0.15, -0.1) is 0 Å². The molecule has 0 radical (unpaired) electrons. The van der Waals surface area contributed by atoms with Gasteiger partial charge in [-0.2, -0.15) is 0 Å². The van der Waals surface area contributed by atoms with Gasteiger partial charge in [0.2, 0.25) is 0 Å². The summed E-state index contributed by atoms with van der Waals surface area (Å²) in [6.07, 6.45) is 0.935. The lowest BCUT2D eigenvalue weighted by Crippen LogP contribution is -2.26. The molecule has 19 heavy (non-hydrogen) atoms. The van der Waals surface area contributed by atoms with Crippen molar-refractivity contribution >= 4 is 28.6 Å². The van der Waals surface area contributed by atoms with Crippen molar-refractivity contribution in [2.45, 2.75) is 33.3 Å². The molecule has 0 saturated carbocycles. The lowest BCUT2D eigenvalue weighted by Gasteiger charge is -2.19. The van der Waals surface area contributed by atoms with Crippen molar-refractivity contribution < 1.29 is 13.9 Å². The van der Waals surface area contributed by atoms with E-state index in [0.717, 1.165) is 10.1 Å². The molecule has 0 fully saturated rings. The zero-order valence-electron chi connectivity index (χ0n) is 11.3. The smallest absolute Gasteiger partial charge is 0.419 e. The van der Waals surface area contributed by atoms with Crippen LogP contribution in [0.1, 0.15) is 26.3 Å². The van der Waals surface area contributed by atoms with Gasteiger partial charge in [0.15, 0.2) is 5.82 Å². The molecule has 2 aromatic rings. The van der Waals surface area contributed by atoms with Crippen LogP contribution in [0.25, 0.3) is 10.9 Å². The second kappa shape index (κ2) is 4.53. The minimum Gasteiger partial charge on any atom is -0.443 e. The Labute approximate surface area is 115 Å². The first kappa shape index (κ1) is 13.9. The van der Waals surface area contributed by atoms with Crippen LogP contribution in [0.15, 0.2) is 18.3 Å². The normalized spacial score (nSPS) is 11.9. The number of aromatic nitrogens is 1. The van der Waals surface area contributed by atoms with Crippen LogP contribution in [-0.2, 0) is 4.74 Å². The lowest BCUT2D eigenvalue weighted by atomic mass is 10.2. The highest BCUT2D eigenvalue weighted by molar-refractivity contribution is 6.31. The Morgan fingerprint density at radius 3 is 2.58 bits per heavy atom. The van der Waals surface area contributed by atoms with E-state index in [4.69, 9.17) is 16.3 Å². The summed E-state index contributed by atoms with van der Waals surface area (Å²) < 4.78 is 20.5. The van der Waals surface area contributed by atoms with E-state index in [9.17, 15) is 9.18 Å². The van der Waals surface area contributed by atoms with E-state index in [-0.39, 0.29) is 10.5 Å². The first-order valence-electron chi connectivity index (χ1n) is 5.90. The van der Waals surface area contributed by atoms with Crippen LogP contribution < -0.4 is 0 Å². The number of aryl methyl sites for hydroxylation is 1. The van der Waals surface area contributed by atoms with Crippen molar-refractivity contribution in [1.82, 2.24) is 4.57 Å². The summed E-state index contributed by atoms with van der Waals surface area (Å²) >= 11 is 5.77. The highest BCUT2D eigenvalue weighted by Gasteiger charge is 2.22. The van der Waals surface area contributed by atoms with Gasteiger partial charge in [0, 0.05) is 11.6 Å². The summed E-state index contributed by atoms with van der Waals surface area (Å²) in [6, 6.07) is 3.17. The molecule has 1 heterocycles. The molecule has 3 nitrogen and oxygen atoms in total. The second-order valence-corrected chi connectivity index (χ2v) is 5.83. The van der Waals surface area contributed by atoms with Crippen LogP contribution in [-0.4, -0.2) is 16.3 Å². The first-order valence-corrected chi connectivity index (χ1v) is 6.27. The largest absolute Gasteiger partial charge is 0.443 e. The number of nitrogens with zero attached hydrogens (tertiary/aromatic N) is 1. The monoisotopic (exact) mass is 283 g/mol. The molecule has 0 bridgehead atoms. The molecule has 2 rings (SSSR count). The van der Waals surface area contributed by atoms with E-state index in [1.54, 1.807) is 40.0 Å². The zero-order valence-corrected chi connectivity index (χ0v) is 12.0. The van der Waals surface area contributed by atoms with E-state index in [0.29, 0.717) is 5.39 Å². The van der Waals surface area contributed by atoms with Crippen LogP contribution in [0.3, 0.4) is 0 Å². The quantitative estimate of drug-likeness (QED) is 0.711. The highest BCUT2D eigenvalue weighted by Crippen LogP contribution is 2.28. The molecule has 0 aliphatic carbocycles. The predicted octanol–water partition coefficient (Wildman–Crippen LogP) is 4.53. The van der Waals surface area contributed by atoms with Gasteiger partial charge in [-0.3, -0.25) is 0 Å². The van der Waals surface area contributed by atoms with E-state index >= 15 is 0 Å². The topological polar surface area (TPSA) is 31.2 Å². The Morgan fingerprint density at radius 2 is 2.00 bits per heavy atom. The maximum absolute atomic E-state index is 14.1. The van der Waals surface area contributed by atoms with E-state index in [2.05, 4.69) is 0 Å².